The minimum Gasteiger partial charge on any atom is -0.415 e. The van der Waals surface area contributed by atoms with Crippen LogP contribution in [0.25, 0.3) is 4.83 Å². The Morgan fingerprint density at radius 3 is 2.67 bits per heavy atom. The smallest absolute Gasteiger partial charge is 0.171 e. The number of rotatable bonds is 3. The highest BCUT2D eigenvalue weighted by Crippen LogP contribution is 2.35. The molecule has 0 unspecified atom stereocenters. The molecule has 0 amide bonds. The van der Waals surface area contributed by atoms with Crippen molar-refractivity contribution in [2.24, 2.45) is 0 Å². The van der Waals surface area contributed by atoms with Crippen molar-refractivity contribution < 1.29 is 4.43 Å². The molecule has 0 aromatic carbocycles. The largest absolute Gasteiger partial charge is 0.415 e. The number of hydrogen-bond donors (Lipinski definition) is 0. The molecule has 0 N–H and O–H groups in total. The lowest BCUT2D eigenvalue weighted by Crippen LogP contribution is -2.17. The standard InChI is InChI=1S/C12H19IN2OSSi/c1-12(2,3)9-8(6-16-18(4)5)17-11-10(13)14-7-15(9)11/h7,18H,6H2,1-5H3. The Labute approximate surface area is 127 Å². The summed E-state index contributed by atoms with van der Waals surface area (Å²) in [6.07, 6.45) is 1.94. The van der Waals surface area contributed by atoms with Gasteiger partial charge in [-0.05, 0) is 35.7 Å². The molecular weight excluding hydrogens is 375 g/mol. The molecule has 0 saturated heterocycles. The molecule has 2 heterocycles. The number of imidazole rings is 1. The van der Waals surface area contributed by atoms with Crippen LogP contribution in [-0.2, 0) is 16.4 Å². The van der Waals surface area contributed by atoms with Crippen LogP contribution in [-0.4, -0.2) is 18.4 Å². The predicted molar refractivity (Wildman–Crippen MR) is 88.2 cm³/mol. The highest BCUT2D eigenvalue weighted by Gasteiger charge is 2.25. The maximum atomic E-state index is 5.92. The Morgan fingerprint density at radius 2 is 2.11 bits per heavy atom. The lowest BCUT2D eigenvalue weighted by Gasteiger charge is -2.20. The predicted octanol–water partition coefficient (Wildman–Crippen LogP) is 3.80. The molecular formula is C12H19IN2OSSi. The second kappa shape index (κ2) is 5.22. The molecule has 3 nitrogen and oxygen atoms in total. The molecule has 0 aliphatic carbocycles. The zero-order valence-corrected chi connectivity index (χ0v) is 15.6. The van der Waals surface area contributed by atoms with Crippen LogP contribution >= 0.6 is 33.9 Å². The van der Waals surface area contributed by atoms with Gasteiger partial charge in [0, 0.05) is 11.1 Å². The van der Waals surface area contributed by atoms with E-state index >= 15 is 0 Å². The highest BCUT2D eigenvalue weighted by atomic mass is 127. The molecule has 0 saturated carbocycles. The van der Waals surface area contributed by atoms with Gasteiger partial charge in [-0.25, -0.2) is 4.98 Å². The number of hydrogen-bond acceptors (Lipinski definition) is 3. The summed E-state index contributed by atoms with van der Waals surface area (Å²) in [7, 11) is -0.973. The summed E-state index contributed by atoms with van der Waals surface area (Å²) in [6.45, 7) is 11.9. The summed E-state index contributed by atoms with van der Waals surface area (Å²) in [5.74, 6) is 0. The summed E-state index contributed by atoms with van der Waals surface area (Å²) in [6, 6.07) is 0. The molecule has 2 rings (SSSR count). The summed E-state index contributed by atoms with van der Waals surface area (Å²) in [5.41, 5.74) is 1.45. The van der Waals surface area contributed by atoms with Crippen LogP contribution in [0, 0.1) is 3.70 Å². The molecule has 18 heavy (non-hydrogen) atoms. The average molecular weight is 394 g/mol. The van der Waals surface area contributed by atoms with Crippen LogP contribution < -0.4 is 0 Å². The minimum atomic E-state index is -0.973. The van der Waals surface area contributed by atoms with Crippen molar-refractivity contribution in [2.45, 2.75) is 45.9 Å². The fourth-order valence-electron chi connectivity index (χ4n) is 1.99. The van der Waals surface area contributed by atoms with E-state index in [1.807, 2.05) is 17.7 Å². The van der Waals surface area contributed by atoms with E-state index in [2.05, 4.69) is 65.8 Å². The van der Waals surface area contributed by atoms with E-state index in [1.165, 1.54) is 15.4 Å². The quantitative estimate of drug-likeness (QED) is 0.585. The third kappa shape index (κ3) is 2.81. The third-order valence-electron chi connectivity index (χ3n) is 2.66. The zero-order valence-electron chi connectivity index (χ0n) is 11.5. The van der Waals surface area contributed by atoms with Crippen molar-refractivity contribution in [3.63, 3.8) is 0 Å². The Balaban J connectivity index is 2.50. The van der Waals surface area contributed by atoms with Gasteiger partial charge in [0.05, 0.1) is 11.5 Å². The maximum absolute atomic E-state index is 5.92. The topological polar surface area (TPSA) is 26.5 Å². The number of nitrogens with zero attached hydrogens (tertiary/aromatic N) is 2. The van der Waals surface area contributed by atoms with Gasteiger partial charge in [0.25, 0.3) is 0 Å². The monoisotopic (exact) mass is 394 g/mol. The van der Waals surface area contributed by atoms with Gasteiger partial charge in [-0.1, -0.05) is 20.8 Å². The number of fused-ring (bicyclic) bond motifs is 1. The van der Waals surface area contributed by atoms with Crippen LogP contribution in [0.3, 0.4) is 0 Å². The maximum Gasteiger partial charge on any atom is 0.171 e. The van der Waals surface area contributed by atoms with Crippen molar-refractivity contribution in [3.05, 3.63) is 20.6 Å². The lowest BCUT2D eigenvalue weighted by molar-refractivity contribution is 0.314. The lowest BCUT2D eigenvalue weighted by atomic mass is 9.91. The van der Waals surface area contributed by atoms with Gasteiger partial charge >= 0.3 is 0 Å². The van der Waals surface area contributed by atoms with Gasteiger partial charge in [0.1, 0.15) is 14.9 Å². The van der Waals surface area contributed by atoms with Gasteiger partial charge in [-0.15, -0.1) is 11.3 Å². The Bertz CT molecular complexity index is 556. The zero-order chi connectivity index (χ0) is 13.5. The van der Waals surface area contributed by atoms with Crippen LogP contribution in [0.4, 0.5) is 0 Å². The van der Waals surface area contributed by atoms with Gasteiger partial charge in [-0.3, -0.25) is 4.40 Å². The second-order valence-corrected chi connectivity index (χ2v) is 10.2. The summed E-state index contributed by atoms with van der Waals surface area (Å²) >= 11 is 4.12. The van der Waals surface area contributed by atoms with Gasteiger partial charge in [-0.2, -0.15) is 0 Å². The molecule has 2 aromatic rings. The van der Waals surface area contributed by atoms with E-state index in [1.54, 1.807) is 0 Å². The molecule has 0 atom stereocenters. The second-order valence-electron chi connectivity index (χ2n) is 5.69. The van der Waals surface area contributed by atoms with Crippen molar-refractivity contribution >= 4 is 47.8 Å². The molecule has 0 spiro atoms. The van der Waals surface area contributed by atoms with Gasteiger partial charge in [0.15, 0.2) is 9.04 Å². The molecule has 0 aliphatic heterocycles. The number of thiazole rings is 1. The third-order valence-corrected chi connectivity index (χ3v) is 5.79. The molecule has 2 aromatic heterocycles. The van der Waals surface area contributed by atoms with E-state index < -0.39 is 9.04 Å². The molecule has 0 fully saturated rings. The van der Waals surface area contributed by atoms with Crippen LogP contribution in [0.5, 0.6) is 0 Å². The summed E-state index contributed by atoms with van der Waals surface area (Å²) < 4.78 is 9.22. The normalized spacial score (nSPS) is 12.8. The van der Waals surface area contributed by atoms with Crippen molar-refractivity contribution in [2.75, 3.05) is 0 Å². The fourth-order valence-corrected chi connectivity index (χ4v) is 4.56. The van der Waals surface area contributed by atoms with Crippen molar-refractivity contribution in [1.29, 1.82) is 0 Å². The SMILES string of the molecule is C[SiH](C)OCc1sc2c(I)ncn2c1C(C)(C)C. The van der Waals surface area contributed by atoms with E-state index in [0.29, 0.717) is 0 Å². The Kier molecular flexibility index (Phi) is 4.20. The molecule has 0 bridgehead atoms. The summed E-state index contributed by atoms with van der Waals surface area (Å²) in [4.78, 5) is 6.98. The molecule has 0 aliphatic rings. The number of halogens is 1. The van der Waals surface area contributed by atoms with Crippen molar-refractivity contribution in [1.82, 2.24) is 9.38 Å². The van der Waals surface area contributed by atoms with E-state index in [9.17, 15) is 0 Å². The first-order valence-electron chi connectivity index (χ1n) is 6.07. The highest BCUT2D eigenvalue weighted by molar-refractivity contribution is 14.1. The van der Waals surface area contributed by atoms with Crippen LogP contribution in [0.2, 0.25) is 13.1 Å². The van der Waals surface area contributed by atoms with Gasteiger partial charge in [0.2, 0.25) is 0 Å². The fraction of sp³-hybridized carbons (Fsp3) is 0.583. The summed E-state index contributed by atoms with van der Waals surface area (Å²) in [5, 5.41) is 0. The minimum absolute atomic E-state index is 0.110. The van der Waals surface area contributed by atoms with Crippen LogP contribution in [0.1, 0.15) is 31.3 Å². The number of aromatic nitrogens is 2. The average Bonchev–Trinajstić information content (AvgIpc) is 2.74. The molecule has 0 radical (unpaired) electrons. The van der Waals surface area contributed by atoms with E-state index in [4.69, 9.17) is 4.43 Å². The van der Waals surface area contributed by atoms with E-state index in [0.717, 1.165) is 10.3 Å². The van der Waals surface area contributed by atoms with Crippen LogP contribution in [0.15, 0.2) is 6.33 Å². The first-order valence-corrected chi connectivity index (χ1v) is 10.7. The Morgan fingerprint density at radius 1 is 1.44 bits per heavy atom. The molecule has 100 valence electrons. The molecule has 6 heteroatoms. The Hall–Kier alpha value is 0.0769. The van der Waals surface area contributed by atoms with Crippen molar-refractivity contribution in [3.8, 4) is 0 Å². The first-order chi connectivity index (χ1) is 8.30. The van der Waals surface area contributed by atoms with Gasteiger partial charge < -0.3 is 4.43 Å². The first kappa shape index (κ1) is 14.5. The van der Waals surface area contributed by atoms with E-state index in [-0.39, 0.29) is 5.41 Å².